The van der Waals surface area contributed by atoms with Gasteiger partial charge in [-0.3, -0.25) is 0 Å². The Morgan fingerprint density at radius 2 is 2.05 bits per heavy atom. The van der Waals surface area contributed by atoms with Crippen LogP contribution < -0.4 is 10.1 Å². The number of rotatable bonds is 6. The van der Waals surface area contributed by atoms with E-state index in [1.165, 1.54) is 11.1 Å². The topological polar surface area (TPSA) is 26.2 Å². The van der Waals surface area contributed by atoms with Crippen molar-refractivity contribution in [3.8, 4) is 5.75 Å². The summed E-state index contributed by atoms with van der Waals surface area (Å²) in [4.78, 5) is 0. The number of para-hydroxylation sites is 1. The molecule has 102 valence electrons. The molecule has 2 rings (SSSR count). The molecule has 3 nitrogen and oxygen atoms in total. The highest BCUT2D eigenvalue weighted by molar-refractivity contribution is 5.35. The molecule has 0 aliphatic heterocycles. The van der Waals surface area contributed by atoms with Crippen LogP contribution in [0.15, 0.2) is 42.7 Å². The van der Waals surface area contributed by atoms with E-state index in [9.17, 15) is 0 Å². The maximum absolute atomic E-state index is 5.40. The van der Waals surface area contributed by atoms with E-state index in [1.807, 2.05) is 18.2 Å². The Kier molecular flexibility index (Phi) is 4.63. The Balaban J connectivity index is 1.98. The summed E-state index contributed by atoms with van der Waals surface area (Å²) in [7, 11) is 1.72. The van der Waals surface area contributed by atoms with E-state index in [2.05, 4.69) is 48.3 Å². The number of aryl methyl sites for hydroxylation is 1. The monoisotopic (exact) mass is 258 g/mol. The predicted molar refractivity (Wildman–Crippen MR) is 78.4 cm³/mol. The van der Waals surface area contributed by atoms with E-state index in [4.69, 9.17) is 4.74 Å². The summed E-state index contributed by atoms with van der Waals surface area (Å²) < 4.78 is 7.58. The lowest BCUT2D eigenvalue weighted by Gasteiger charge is -2.16. The molecule has 0 aliphatic rings. The molecule has 2 aromatic rings. The van der Waals surface area contributed by atoms with Gasteiger partial charge in [0.15, 0.2) is 0 Å². The third kappa shape index (κ3) is 3.38. The molecule has 19 heavy (non-hydrogen) atoms. The average molecular weight is 258 g/mol. The molecule has 0 saturated heterocycles. The molecule has 0 radical (unpaired) electrons. The highest BCUT2D eigenvalue weighted by Crippen LogP contribution is 2.24. The first-order valence-electron chi connectivity index (χ1n) is 6.75. The van der Waals surface area contributed by atoms with E-state index in [1.54, 1.807) is 7.11 Å². The fraction of sp³-hybridized carbons (Fsp3) is 0.375. The second-order valence-corrected chi connectivity index (χ2v) is 4.69. The van der Waals surface area contributed by atoms with Crippen LogP contribution in [-0.2, 0) is 13.1 Å². The number of benzene rings is 1. The number of ether oxygens (including phenoxy) is 1. The van der Waals surface area contributed by atoms with Crippen molar-refractivity contribution in [2.45, 2.75) is 33.0 Å². The molecule has 1 heterocycles. The quantitative estimate of drug-likeness (QED) is 0.859. The number of nitrogens with zero attached hydrogens (tertiary/aromatic N) is 1. The van der Waals surface area contributed by atoms with Gasteiger partial charge in [0, 0.05) is 37.1 Å². The maximum Gasteiger partial charge on any atom is 0.123 e. The van der Waals surface area contributed by atoms with Gasteiger partial charge in [0.25, 0.3) is 0 Å². The molecule has 1 aromatic carbocycles. The third-order valence-electron chi connectivity index (χ3n) is 3.39. The van der Waals surface area contributed by atoms with Crippen molar-refractivity contribution in [2.75, 3.05) is 7.11 Å². The lowest BCUT2D eigenvalue weighted by molar-refractivity contribution is 0.401. The molecule has 3 heteroatoms. The molecule has 1 N–H and O–H groups in total. The van der Waals surface area contributed by atoms with Crippen LogP contribution in [0.4, 0.5) is 0 Å². The standard InChI is InChI=1S/C16H22N2O/c1-4-18-10-9-14(12-18)11-17-13(2)15-7-5-6-8-16(15)19-3/h5-10,12-13,17H,4,11H2,1-3H3/t13-/m1/s1. The molecule has 0 amide bonds. The Morgan fingerprint density at radius 1 is 1.26 bits per heavy atom. The number of methoxy groups -OCH3 is 1. The second-order valence-electron chi connectivity index (χ2n) is 4.69. The molecular weight excluding hydrogens is 236 g/mol. The molecule has 0 aliphatic carbocycles. The largest absolute Gasteiger partial charge is 0.496 e. The maximum atomic E-state index is 5.40. The zero-order valence-electron chi connectivity index (χ0n) is 11.9. The summed E-state index contributed by atoms with van der Waals surface area (Å²) in [5.41, 5.74) is 2.50. The normalized spacial score (nSPS) is 12.4. The van der Waals surface area contributed by atoms with Gasteiger partial charge in [0.05, 0.1) is 7.11 Å². The van der Waals surface area contributed by atoms with E-state index in [0.717, 1.165) is 18.8 Å². The van der Waals surface area contributed by atoms with Gasteiger partial charge in [0.1, 0.15) is 5.75 Å². The zero-order valence-corrected chi connectivity index (χ0v) is 11.9. The Hall–Kier alpha value is -1.74. The fourth-order valence-corrected chi connectivity index (χ4v) is 2.20. The minimum absolute atomic E-state index is 0.265. The number of nitrogens with one attached hydrogen (secondary N) is 1. The second kappa shape index (κ2) is 6.43. The van der Waals surface area contributed by atoms with E-state index in [-0.39, 0.29) is 6.04 Å². The Morgan fingerprint density at radius 3 is 2.74 bits per heavy atom. The van der Waals surface area contributed by atoms with Crippen molar-refractivity contribution in [1.29, 1.82) is 0 Å². The average Bonchev–Trinajstić information content (AvgIpc) is 2.92. The number of hydrogen-bond donors (Lipinski definition) is 1. The van der Waals surface area contributed by atoms with Crippen LogP contribution in [0.25, 0.3) is 0 Å². The van der Waals surface area contributed by atoms with Crippen LogP contribution in [0, 0.1) is 0 Å². The zero-order chi connectivity index (χ0) is 13.7. The molecule has 0 saturated carbocycles. The fourth-order valence-electron chi connectivity index (χ4n) is 2.20. The summed E-state index contributed by atoms with van der Waals surface area (Å²) in [5.74, 6) is 0.939. The van der Waals surface area contributed by atoms with E-state index < -0.39 is 0 Å². The van der Waals surface area contributed by atoms with E-state index >= 15 is 0 Å². The predicted octanol–water partition coefficient (Wildman–Crippen LogP) is 3.37. The SMILES string of the molecule is CCn1ccc(CN[C@H](C)c2ccccc2OC)c1. The van der Waals surface area contributed by atoms with Crippen LogP contribution >= 0.6 is 0 Å². The molecule has 0 fully saturated rings. The van der Waals surface area contributed by atoms with Crippen LogP contribution in [0.2, 0.25) is 0 Å². The number of hydrogen-bond acceptors (Lipinski definition) is 2. The highest BCUT2D eigenvalue weighted by Gasteiger charge is 2.10. The first-order chi connectivity index (χ1) is 9.24. The van der Waals surface area contributed by atoms with Gasteiger partial charge in [-0.05, 0) is 31.5 Å². The van der Waals surface area contributed by atoms with Crippen molar-refractivity contribution < 1.29 is 4.74 Å². The molecule has 0 bridgehead atoms. The van der Waals surface area contributed by atoms with Gasteiger partial charge < -0.3 is 14.6 Å². The first kappa shape index (κ1) is 13.7. The molecule has 1 atom stereocenters. The summed E-state index contributed by atoms with van der Waals surface area (Å²) in [6.07, 6.45) is 4.30. The summed E-state index contributed by atoms with van der Waals surface area (Å²) in [6, 6.07) is 10.6. The first-order valence-corrected chi connectivity index (χ1v) is 6.75. The van der Waals surface area contributed by atoms with Gasteiger partial charge in [-0.1, -0.05) is 18.2 Å². The van der Waals surface area contributed by atoms with Gasteiger partial charge in [-0.25, -0.2) is 0 Å². The highest BCUT2D eigenvalue weighted by atomic mass is 16.5. The summed E-state index contributed by atoms with van der Waals surface area (Å²) in [5, 5.41) is 3.53. The van der Waals surface area contributed by atoms with Crippen molar-refractivity contribution in [2.24, 2.45) is 0 Å². The Labute approximate surface area is 115 Å². The summed E-state index contributed by atoms with van der Waals surface area (Å²) in [6.45, 7) is 6.19. The minimum Gasteiger partial charge on any atom is -0.496 e. The number of aromatic nitrogens is 1. The van der Waals surface area contributed by atoms with Crippen molar-refractivity contribution >= 4 is 0 Å². The summed E-state index contributed by atoms with van der Waals surface area (Å²) >= 11 is 0. The van der Waals surface area contributed by atoms with Gasteiger partial charge in [0.2, 0.25) is 0 Å². The Bertz CT molecular complexity index is 519. The van der Waals surface area contributed by atoms with Crippen molar-refractivity contribution in [1.82, 2.24) is 9.88 Å². The van der Waals surface area contributed by atoms with E-state index in [0.29, 0.717) is 0 Å². The lowest BCUT2D eigenvalue weighted by atomic mass is 10.1. The molecule has 0 spiro atoms. The molecular formula is C16H22N2O. The third-order valence-corrected chi connectivity index (χ3v) is 3.39. The van der Waals surface area contributed by atoms with Crippen LogP contribution in [0.3, 0.4) is 0 Å². The molecule has 1 aromatic heterocycles. The van der Waals surface area contributed by atoms with Gasteiger partial charge >= 0.3 is 0 Å². The molecule has 0 unspecified atom stereocenters. The van der Waals surface area contributed by atoms with Crippen LogP contribution in [0.5, 0.6) is 5.75 Å². The van der Waals surface area contributed by atoms with Crippen molar-refractivity contribution in [3.05, 3.63) is 53.9 Å². The van der Waals surface area contributed by atoms with Gasteiger partial charge in [-0.2, -0.15) is 0 Å². The minimum atomic E-state index is 0.265. The lowest BCUT2D eigenvalue weighted by Crippen LogP contribution is -2.18. The van der Waals surface area contributed by atoms with Crippen molar-refractivity contribution in [3.63, 3.8) is 0 Å². The smallest absolute Gasteiger partial charge is 0.123 e. The van der Waals surface area contributed by atoms with Crippen LogP contribution in [-0.4, -0.2) is 11.7 Å². The van der Waals surface area contributed by atoms with Crippen LogP contribution in [0.1, 0.15) is 31.0 Å². The van der Waals surface area contributed by atoms with Gasteiger partial charge in [-0.15, -0.1) is 0 Å².